The van der Waals surface area contributed by atoms with Crippen LogP contribution in [0.25, 0.3) is 0 Å². The first-order chi connectivity index (χ1) is 8.13. The molecule has 5 nitrogen and oxygen atoms in total. The molecule has 98 valence electrons. The molecular formula is C12H24N4O. The highest BCUT2D eigenvalue weighted by molar-refractivity contribution is 5.15. The number of nitrogens with one attached hydrogen (secondary N) is 2. The van der Waals surface area contributed by atoms with Gasteiger partial charge >= 0.3 is 0 Å². The number of ether oxygens (including phenoxy) is 1. The molecule has 0 atom stereocenters. The molecule has 0 amide bonds. The van der Waals surface area contributed by atoms with E-state index < -0.39 is 0 Å². The van der Waals surface area contributed by atoms with Crippen LogP contribution in [0.3, 0.4) is 0 Å². The molecule has 0 unspecified atom stereocenters. The van der Waals surface area contributed by atoms with Crippen molar-refractivity contribution in [2.24, 2.45) is 13.0 Å². The molecule has 0 saturated heterocycles. The first kappa shape index (κ1) is 14.0. The molecule has 2 N–H and O–H groups in total. The maximum absolute atomic E-state index is 5.16. The highest BCUT2D eigenvalue weighted by atomic mass is 16.5. The van der Waals surface area contributed by atoms with E-state index in [1.807, 2.05) is 13.1 Å². The minimum absolute atomic E-state index is 0.704. The fourth-order valence-corrected chi connectivity index (χ4v) is 1.57. The Morgan fingerprint density at radius 3 is 2.65 bits per heavy atom. The third-order valence-electron chi connectivity index (χ3n) is 2.43. The van der Waals surface area contributed by atoms with E-state index in [1.165, 1.54) is 0 Å². The Labute approximate surface area is 104 Å². The molecule has 1 aromatic heterocycles. The van der Waals surface area contributed by atoms with Crippen LogP contribution in [0.4, 0.5) is 0 Å². The molecule has 0 aliphatic heterocycles. The van der Waals surface area contributed by atoms with Gasteiger partial charge in [-0.3, -0.25) is 0 Å². The van der Waals surface area contributed by atoms with Gasteiger partial charge in [-0.05, 0) is 12.5 Å². The van der Waals surface area contributed by atoms with E-state index in [4.69, 9.17) is 4.74 Å². The number of hydrogen-bond acceptors (Lipinski definition) is 4. The van der Waals surface area contributed by atoms with E-state index in [0.29, 0.717) is 5.92 Å². The summed E-state index contributed by atoms with van der Waals surface area (Å²) in [6.45, 7) is 8.20. The minimum atomic E-state index is 0.704. The van der Waals surface area contributed by atoms with Crippen LogP contribution in [0.5, 0.6) is 5.88 Å². The van der Waals surface area contributed by atoms with Crippen molar-refractivity contribution in [2.45, 2.75) is 20.4 Å². The van der Waals surface area contributed by atoms with Crippen LogP contribution >= 0.6 is 0 Å². The van der Waals surface area contributed by atoms with E-state index >= 15 is 0 Å². The lowest BCUT2D eigenvalue weighted by molar-refractivity contribution is 0.373. The lowest BCUT2D eigenvalue weighted by Gasteiger charge is -2.07. The summed E-state index contributed by atoms with van der Waals surface area (Å²) in [6, 6.07) is 1.95. The van der Waals surface area contributed by atoms with E-state index in [2.05, 4.69) is 29.6 Å². The number of aryl methyl sites for hydroxylation is 1. The Balaban J connectivity index is 2.13. The van der Waals surface area contributed by atoms with Crippen LogP contribution in [0.15, 0.2) is 6.07 Å². The number of nitrogens with zero attached hydrogens (tertiary/aromatic N) is 2. The minimum Gasteiger partial charge on any atom is -0.481 e. The molecule has 0 spiro atoms. The first-order valence-electron chi connectivity index (χ1n) is 6.11. The van der Waals surface area contributed by atoms with Crippen LogP contribution in [0.1, 0.15) is 19.5 Å². The molecule has 0 aliphatic carbocycles. The zero-order valence-corrected chi connectivity index (χ0v) is 11.3. The van der Waals surface area contributed by atoms with Crippen molar-refractivity contribution in [1.29, 1.82) is 0 Å². The molecule has 0 radical (unpaired) electrons. The quantitative estimate of drug-likeness (QED) is 0.659. The number of hydrogen-bond donors (Lipinski definition) is 2. The molecule has 1 rings (SSSR count). The predicted octanol–water partition coefficient (Wildman–Crippen LogP) is 0.764. The van der Waals surface area contributed by atoms with Crippen LogP contribution < -0.4 is 15.4 Å². The SMILES string of the molecule is COc1cc(CNCCNCC(C)C)nn1C. The summed E-state index contributed by atoms with van der Waals surface area (Å²) in [5, 5.41) is 11.1. The Morgan fingerprint density at radius 1 is 1.35 bits per heavy atom. The molecule has 0 bridgehead atoms. The molecule has 0 aliphatic rings. The molecule has 17 heavy (non-hydrogen) atoms. The fourth-order valence-electron chi connectivity index (χ4n) is 1.57. The number of rotatable bonds is 8. The summed E-state index contributed by atoms with van der Waals surface area (Å²) in [5.41, 5.74) is 1.01. The van der Waals surface area contributed by atoms with Gasteiger partial charge < -0.3 is 15.4 Å². The third-order valence-corrected chi connectivity index (χ3v) is 2.43. The van der Waals surface area contributed by atoms with Crippen molar-refractivity contribution in [3.05, 3.63) is 11.8 Å². The van der Waals surface area contributed by atoms with Crippen molar-refractivity contribution in [3.8, 4) is 5.88 Å². The highest BCUT2D eigenvalue weighted by Crippen LogP contribution is 2.10. The smallest absolute Gasteiger partial charge is 0.211 e. The van der Waals surface area contributed by atoms with Gasteiger partial charge in [0.05, 0.1) is 12.8 Å². The highest BCUT2D eigenvalue weighted by Gasteiger charge is 2.03. The lowest BCUT2D eigenvalue weighted by atomic mass is 10.2. The second-order valence-electron chi connectivity index (χ2n) is 4.58. The van der Waals surface area contributed by atoms with Crippen LogP contribution in [-0.2, 0) is 13.6 Å². The summed E-state index contributed by atoms with van der Waals surface area (Å²) in [4.78, 5) is 0. The fraction of sp³-hybridized carbons (Fsp3) is 0.750. The summed E-state index contributed by atoms with van der Waals surface area (Å²) in [7, 11) is 3.54. The van der Waals surface area contributed by atoms with Gasteiger partial charge in [0.1, 0.15) is 0 Å². The molecule has 0 fully saturated rings. The standard InChI is InChI=1S/C12H24N4O/c1-10(2)8-13-5-6-14-9-11-7-12(17-4)16(3)15-11/h7,10,13-14H,5-6,8-9H2,1-4H3. The Bertz CT molecular complexity index is 322. The van der Waals surface area contributed by atoms with E-state index in [-0.39, 0.29) is 0 Å². The van der Waals surface area contributed by atoms with Crippen LogP contribution in [-0.4, -0.2) is 36.5 Å². The second-order valence-corrected chi connectivity index (χ2v) is 4.58. The average Bonchev–Trinajstić information content (AvgIpc) is 2.63. The van der Waals surface area contributed by atoms with Crippen LogP contribution in [0.2, 0.25) is 0 Å². The zero-order valence-electron chi connectivity index (χ0n) is 11.3. The maximum Gasteiger partial charge on any atom is 0.211 e. The Morgan fingerprint density at radius 2 is 2.06 bits per heavy atom. The van der Waals surface area contributed by atoms with Crippen molar-refractivity contribution in [2.75, 3.05) is 26.7 Å². The van der Waals surface area contributed by atoms with Gasteiger partial charge in [0.2, 0.25) is 5.88 Å². The summed E-state index contributed by atoms with van der Waals surface area (Å²) in [5.74, 6) is 1.50. The predicted molar refractivity (Wildman–Crippen MR) is 69.2 cm³/mol. The van der Waals surface area contributed by atoms with E-state index in [0.717, 1.165) is 37.8 Å². The van der Waals surface area contributed by atoms with Gasteiger partial charge in [0.25, 0.3) is 0 Å². The normalized spacial score (nSPS) is 11.1. The van der Waals surface area contributed by atoms with Gasteiger partial charge in [-0.25, -0.2) is 4.68 Å². The molecule has 5 heteroatoms. The number of methoxy groups -OCH3 is 1. The summed E-state index contributed by atoms with van der Waals surface area (Å²) >= 11 is 0. The second kappa shape index (κ2) is 7.29. The van der Waals surface area contributed by atoms with E-state index in [1.54, 1.807) is 11.8 Å². The topological polar surface area (TPSA) is 51.1 Å². The van der Waals surface area contributed by atoms with Crippen LogP contribution in [0, 0.1) is 5.92 Å². The Hall–Kier alpha value is -1.07. The Kier molecular flexibility index (Phi) is 6.00. The molecule has 1 aromatic rings. The van der Waals surface area contributed by atoms with Crippen molar-refractivity contribution < 1.29 is 4.74 Å². The average molecular weight is 240 g/mol. The summed E-state index contributed by atoms with van der Waals surface area (Å²) < 4.78 is 6.90. The van der Waals surface area contributed by atoms with Crippen molar-refractivity contribution >= 4 is 0 Å². The molecule has 0 saturated carbocycles. The third kappa shape index (κ3) is 5.19. The van der Waals surface area contributed by atoms with E-state index in [9.17, 15) is 0 Å². The van der Waals surface area contributed by atoms with Gasteiger partial charge in [-0.15, -0.1) is 0 Å². The summed E-state index contributed by atoms with van der Waals surface area (Å²) in [6.07, 6.45) is 0. The monoisotopic (exact) mass is 240 g/mol. The van der Waals surface area contributed by atoms with Crippen molar-refractivity contribution in [3.63, 3.8) is 0 Å². The first-order valence-corrected chi connectivity index (χ1v) is 6.11. The zero-order chi connectivity index (χ0) is 12.7. The van der Waals surface area contributed by atoms with Gasteiger partial charge in [0, 0.05) is 32.7 Å². The largest absolute Gasteiger partial charge is 0.481 e. The van der Waals surface area contributed by atoms with Gasteiger partial charge in [-0.2, -0.15) is 5.10 Å². The van der Waals surface area contributed by atoms with Crippen molar-refractivity contribution in [1.82, 2.24) is 20.4 Å². The van der Waals surface area contributed by atoms with Gasteiger partial charge in [-0.1, -0.05) is 13.8 Å². The maximum atomic E-state index is 5.16. The molecule has 1 heterocycles. The molecule has 0 aromatic carbocycles. The lowest BCUT2D eigenvalue weighted by Crippen LogP contribution is -2.29. The van der Waals surface area contributed by atoms with Gasteiger partial charge in [0.15, 0.2) is 0 Å². The number of aromatic nitrogens is 2. The molecular weight excluding hydrogens is 216 g/mol.